The number of nitrogens with one attached hydrogen (secondary N) is 2. The number of hydrogen-bond donors (Lipinski definition) is 3. The van der Waals surface area contributed by atoms with Crippen LogP contribution in [-0.2, 0) is 16.2 Å². The summed E-state index contributed by atoms with van der Waals surface area (Å²) in [6.07, 6.45) is 0. The van der Waals surface area contributed by atoms with Gasteiger partial charge < -0.3 is 25.8 Å². The maximum Gasteiger partial charge on any atom is 0.262 e. The van der Waals surface area contributed by atoms with Crippen LogP contribution in [0.25, 0.3) is 0 Å². The molecule has 0 unspecified atom stereocenters. The van der Waals surface area contributed by atoms with E-state index in [-0.39, 0.29) is 19.1 Å². The molecule has 0 heterocycles. The maximum atomic E-state index is 12.1. The molecule has 0 aliphatic rings. The van der Waals surface area contributed by atoms with Crippen molar-refractivity contribution in [1.29, 1.82) is 0 Å². The number of amides is 3. The number of carbonyl (C=O) groups excluding carboxylic acids is 3. The Morgan fingerprint density at radius 1 is 0.781 bits per heavy atom. The average Bonchev–Trinajstić information content (AvgIpc) is 2.81. The standard InChI is InChI=1S/C24H23N3O5/c25-22(28)14-26-24(30)18-6-8-19(9-7-18)27-23(29)16-32-21-12-10-20(11-13-21)31-15-17-4-2-1-3-5-17/h1-13H,14-16H2,(H2,25,28)(H,26,30)(H,27,29). The Morgan fingerprint density at radius 2 is 1.41 bits per heavy atom. The van der Waals surface area contributed by atoms with E-state index in [1.54, 1.807) is 36.4 Å². The molecule has 0 aromatic heterocycles. The Labute approximate surface area is 185 Å². The van der Waals surface area contributed by atoms with E-state index >= 15 is 0 Å². The van der Waals surface area contributed by atoms with Gasteiger partial charge in [-0.1, -0.05) is 30.3 Å². The van der Waals surface area contributed by atoms with E-state index in [2.05, 4.69) is 10.6 Å². The molecule has 3 amide bonds. The molecule has 0 aliphatic carbocycles. The Kier molecular flexibility index (Phi) is 7.80. The van der Waals surface area contributed by atoms with Crippen LogP contribution in [0, 0.1) is 0 Å². The summed E-state index contributed by atoms with van der Waals surface area (Å²) in [4.78, 5) is 34.7. The quantitative estimate of drug-likeness (QED) is 0.454. The van der Waals surface area contributed by atoms with Gasteiger partial charge in [0.05, 0.1) is 6.54 Å². The molecule has 0 saturated carbocycles. The summed E-state index contributed by atoms with van der Waals surface area (Å²) in [5.41, 5.74) is 6.92. The predicted octanol–water partition coefficient (Wildman–Crippen LogP) is 2.50. The van der Waals surface area contributed by atoms with Crippen molar-refractivity contribution in [2.75, 3.05) is 18.5 Å². The minimum atomic E-state index is -0.628. The summed E-state index contributed by atoms with van der Waals surface area (Å²) < 4.78 is 11.2. The molecule has 3 rings (SSSR count). The highest BCUT2D eigenvalue weighted by Crippen LogP contribution is 2.19. The van der Waals surface area contributed by atoms with Crippen molar-refractivity contribution in [2.24, 2.45) is 5.73 Å². The minimum Gasteiger partial charge on any atom is -0.489 e. The van der Waals surface area contributed by atoms with Crippen LogP contribution in [0.1, 0.15) is 15.9 Å². The second-order valence-electron chi connectivity index (χ2n) is 6.81. The molecule has 8 heteroatoms. The predicted molar refractivity (Wildman–Crippen MR) is 119 cm³/mol. The number of ether oxygens (including phenoxy) is 2. The van der Waals surface area contributed by atoms with Crippen LogP contribution in [0.3, 0.4) is 0 Å². The lowest BCUT2D eigenvalue weighted by atomic mass is 10.2. The van der Waals surface area contributed by atoms with Crippen LogP contribution in [0.15, 0.2) is 78.9 Å². The first-order chi connectivity index (χ1) is 15.5. The molecule has 3 aromatic carbocycles. The van der Waals surface area contributed by atoms with Crippen molar-refractivity contribution >= 4 is 23.4 Å². The van der Waals surface area contributed by atoms with E-state index in [1.807, 2.05) is 30.3 Å². The lowest BCUT2D eigenvalue weighted by molar-refractivity contribution is -0.118. The van der Waals surface area contributed by atoms with Gasteiger partial charge in [-0.25, -0.2) is 0 Å². The van der Waals surface area contributed by atoms with Crippen molar-refractivity contribution in [3.05, 3.63) is 90.0 Å². The summed E-state index contributed by atoms with van der Waals surface area (Å²) >= 11 is 0. The number of hydrogen-bond acceptors (Lipinski definition) is 5. The molecule has 0 radical (unpaired) electrons. The number of carbonyl (C=O) groups is 3. The Balaban J connectivity index is 1.42. The van der Waals surface area contributed by atoms with Crippen LogP contribution in [0.5, 0.6) is 11.5 Å². The average molecular weight is 433 g/mol. The minimum absolute atomic E-state index is 0.176. The monoisotopic (exact) mass is 433 g/mol. The molecule has 0 bridgehead atoms. The third-order valence-corrected chi connectivity index (χ3v) is 4.30. The molecule has 0 saturated heterocycles. The normalized spacial score (nSPS) is 10.1. The molecule has 0 fully saturated rings. The van der Waals surface area contributed by atoms with E-state index in [0.717, 1.165) is 5.56 Å². The highest BCUT2D eigenvalue weighted by molar-refractivity contribution is 5.97. The highest BCUT2D eigenvalue weighted by Gasteiger charge is 2.08. The summed E-state index contributed by atoms with van der Waals surface area (Å²) in [5.74, 6) is -0.169. The number of nitrogens with two attached hydrogens (primary N) is 1. The zero-order valence-corrected chi connectivity index (χ0v) is 17.2. The van der Waals surface area contributed by atoms with Gasteiger partial charge in [-0.3, -0.25) is 14.4 Å². The summed E-state index contributed by atoms with van der Waals surface area (Å²) in [6, 6.07) is 23.1. The van der Waals surface area contributed by atoms with Crippen LogP contribution < -0.4 is 25.8 Å². The zero-order valence-electron chi connectivity index (χ0n) is 17.2. The van der Waals surface area contributed by atoms with Crippen LogP contribution in [-0.4, -0.2) is 30.9 Å². The van der Waals surface area contributed by atoms with Crippen LogP contribution in [0.4, 0.5) is 5.69 Å². The lowest BCUT2D eigenvalue weighted by Crippen LogP contribution is -2.33. The van der Waals surface area contributed by atoms with Crippen molar-refractivity contribution in [1.82, 2.24) is 5.32 Å². The fraction of sp³-hybridized carbons (Fsp3) is 0.125. The second kappa shape index (κ2) is 11.2. The van der Waals surface area contributed by atoms with Crippen molar-refractivity contribution < 1.29 is 23.9 Å². The van der Waals surface area contributed by atoms with Crippen molar-refractivity contribution in [2.45, 2.75) is 6.61 Å². The Morgan fingerprint density at radius 3 is 2.03 bits per heavy atom. The summed E-state index contributed by atoms with van der Waals surface area (Å²) in [7, 11) is 0. The van der Waals surface area contributed by atoms with E-state index in [9.17, 15) is 14.4 Å². The maximum absolute atomic E-state index is 12.1. The van der Waals surface area contributed by atoms with Crippen molar-refractivity contribution in [3.8, 4) is 11.5 Å². The van der Waals surface area contributed by atoms with Gasteiger partial charge in [0.25, 0.3) is 11.8 Å². The third-order valence-electron chi connectivity index (χ3n) is 4.30. The highest BCUT2D eigenvalue weighted by atomic mass is 16.5. The zero-order chi connectivity index (χ0) is 22.8. The van der Waals surface area contributed by atoms with E-state index in [1.165, 1.54) is 12.1 Å². The van der Waals surface area contributed by atoms with E-state index < -0.39 is 11.8 Å². The first kappa shape index (κ1) is 22.4. The molecule has 0 spiro atoms. The lowest BCUT2D eigenvalue weighted by Gasteiger charge is -2.10. The Hall–Kier alpha value is -4.33. The molecule has 8 nitrogen and oxygen atoms in total. The fourth-order valence-electron chi connectivity index (χ4n) is 2.69. The number of primary amides is 1. The number of anilines is 1. The molecular formula is C24H23N3O5. The van der Waals surface area contributed by atoms with Gasteiger partial charge in [0.2, 0.25) is 5.91 Å². The van der Waals surface area contributed by atoms with E-state index in [4.69, 9.17) is 15.2 Å². The molecule has 32 heavy (non-hydrogen) atoms. The molecule has 3 aromatic rings. The number of rotatable bonds is 10. The first-order valence-electron chi connectivity index (χ1n) is 9.85. The molecular weight excluding hydrogens is 410 g/mol. The summed E-state index contributed by atoms with van der Waals surface area (Å²) in [5, 5.41) is 5.07. The topological polar surface area (TPSA) is 120 Å². The summed E-state index contributed by atoms with van der Waals surface area (Å²) in [6.45, 7) is 0.0505. The Bertz CT molecular complexity index is 1050. The van der Waals surface area contributed by atoms with Crippen molar-refractivity contribution in [3.63, 3.8) is 0 Å². The van der Waals surface area contributed by atoms with Gasteiger partial charge in [0.1, 0.15) is 18.1 Å². The van der Waals surface area contributed by atoms with Crippen LogP contribution in [0.2, 0.25) is 0 Å². The molecule has 164 valence electrons. The van der Waals surface area contributed by atoms with Gasteiger partial charge in [-0.2, -0.15) is 0 Å². The largest absolute Gasteiger partial charge is 0.489 e. The van der Waals surface area contributed by atoms with Crippen LogP contribution >= 0.6 is 0 Å². The van der Waals surface area contributed by atoms with Gasteiger partial charge in [-0.15, -0.1) is 0 Å². The third kappa shape index (κ3) is 7.17. The van der Waals surface area contributed by atoms with Gasteiger partial charge in [0, 0.05) is 11.3 Å². The molecule has 0 aliphatic heterocycles. The number of benzene rings is 3. The second-order valence-corrected chi connectivity index (χ2v) is 6.81. The molecule has 0 atom stereocenters. The van der Waals surface area contributed by atoms with E-state index in [0.29, 0.717) is 29.4 Å². The van der Waals surface area contributed by atoms with Gasteiger partial charge in [0.15, 0.2) is 6.61 Å². The SMILES string of the molecule is NC(=O)CNC(=O)c1ccc(NC(=O)COc2ccc(OCc3ccccc3)cc2)cc1. The van der Waals surface area contributed by atoms with Gasteiger partial charge >= 0.3 is 0 Å². The van der Waals surface area contributed by atoms with Gasteiger partial charge in [-0.05, 0) is 54.1 Å². The first-order valence-corrected chi connectivity index (χ1v) is 9.85. The fourth-order valence-corrected chi connectivity index (χ4v) is 2.69. The smallest absolute Gasteiger partial charge is 0.262 e. The molecule has 4 N–H and O–H groups in total.